The number of halogens is 2. The largest absolute Gasteiger partial charge is 0.271 e. The van der Waals surface area contributed by atoms with Gasteiger partial charge in [-0.25, -0.2) is 9.82 Å². The van der Waals surface area contributed by atoms with E-state index in [4.69, 9.17) is 5.84 Å². The minimum atomic E-state index is -0.230. The van der Waals surface area contributed by atoms with Crippen LogP contribution in [0.2, 0.25) is 0 Å². The predicted octanol–water partition coefficient (Wildman–Crippen LogP) is 3.76. The second-order valence-corrected chi connectivity index (χ2v) is 5.59. The van der Waals surface area contributed by atoms with Gasteiger partial charge in [0.1, 0.15) is 5.82 Å². The van der Waals surface area contributed by atoms with Crippen molar-refractivity contribution >= 4 is 15.9 Å². The van der Waals surface area contributed by atoms with Crippen LogP contribution < -0.4 is 11.3 Å². The van der Waals surface area contributed by atoms with Crippen LogP contribution in [0.3, 0.4) is 0 Å². The number of nitrogens with one attached hydrogen (secondary N) is 1. The first-order valence-electron chi connectivity index (χ1n) is 6.00. The number of hydrogen-bond donors (Lipinski definition) is 2. The fourth-order valence-corrected chi connectivity index (χ4v) is 2.73. The summed E-state index contributed by atoms with van der Waals surface area (Å²) in [5.41, 5.74) is 6.31. The number of aryl methyl sites for hydroxylation is 2. The summed E-state index contributed by atoms with van der Waals surface area (Å²) in [4.78, 5) is 0. The van der Waals surface area contributed by atoms with Crippen molar-refractivity contribution in [3.05, 3.63) is 68.9 Å². The maximum absolute atomic E-state index is 13.7. The average Bonchev–Trinajstić information content (AvgIpc) is 2.33. The van der Waals surface area contributed by atoms with Crippen LogP contribution in [-0.2, 0) is 0 Å². The number of hydrogen-bond acceptors (Lipinski definition) is 2. The van der Waals surface area contributed by atoms with Gasteiger partial charge < -0.3 is 0 Å². The fraction of sp³-hybridized carbons (Fsp3) is 0.200. The van der Waals surface area contributed by atoms with E-state index in [1.54, 1.807) is 13.0 Å². The van der Waals surface area contributed by atoms with Gasteiger partial charge >= 0.3 is 0 Å². The molecule has 100 valence electrons. The summed E-state index contributed by atoms with van der Waals surface area (Å²) < 4.78 is 14.7. The Balaban J connectivity index is 2.46. The molecule has 3 N–H and O–H groups in total. The third-order valence-electron chi connectivity index (χ3n) is 3.09. The molecule has 19 heavy (non-hydrogen) atoms. The molecule has 0 spiro atoms. The summed E-state index contributed by atoms with van der Waals surface area (Å²) in [6.07, 6.45) is 0. The number of benzene rings is 2. The van der Waals surface area contributed by atoms with Crippen molar-refractivity contribution in [3.63, 3.8) is 0 Å². The Kier molecular flexibility index (Phi) is 4.34. The van der Waals surface area contributed by atoms with E-state index < -0.39 is 0 Å². The third-order valence-corrected chi connectivity index (χ3v) is 3.55. The smallest absolute Gasteiger partial charge is 0.126 e. The van der Waals surface area contributed by atoms with Crippen molar-refractivity contribution in [2.24, 2.45) is 5.84 Å². The second-order valence-electron chi connectivity index (χ2n) is 4.67. The van der Waals surface area contributed by atoms with Crippen LogP contribution in [0.25, 0.3) is 0 Å². The van der Waals surface area contributed by atoms with Crippen molar-refractivity contribution in [3.8, 4) is 0 Å². The highest BCUT2D eigenvalue weighted by Crippen LogP contribution is 2.26. The molecule has 0 aliphatic heterocycles. The van der Waals surface area contributed by atoms with Gasteiger partial charge in [0.25, 0.3) is 0 Å². The zero-order valence-electron chi connectivity index (χ0n) is 10.9. The van der Waals surface area contributed by atoms with Crippen molar-refractivity contribution in [2.45, 2.75) is 19.9 Å². The third kappa shape index (κ3) is 3.21. The van der Waals surface area contributed by atoms with Gasteiger partial charge in [-0.15, -0.1) is 0 Å². The van der Waals surface area contributed by atoms with Crippen LogP contribution in [-0.4, -0.2) is 0 Å². The quantitative estimate of drug-likeness (QED) is 0.667. The fourth-order valence-electron chi connectivity index (χ4n) is 2.10. The van der Waals surface area contributed by atoms with Crippen LogP contribution in [0, 0.1) is 19.7 Å². The van der Waals surface area contributed by atoms with Crippen molar-refractivity contribution in [1.82, 2.24) is 5.43 Å². The second kappa shape index (κ2) is 5.82. The highest BCUT2D eigenvalue weighted by molar-refractivity contribution is 9.10. The normalized spacial score (nSPS) is 12.5. The molecule has 0 bridgehead atoms. The van der Waals surface area contributed by atoms with Crippen LogP contribution in [0.1, 0.15) is 28.3 Å². The minimum Gasteiger partial charge on any atom is -0.271 e. The molecule has 0 saturated carbocycles. The van der Waals surface area contributed by atoms with Gasteiger partial charge in [-0.3, -0.25) is 5.84 Å². The molecule has 0 aliphatic carbocycles. The first-order valence-corrected chi connectivity index (χ1v) is 6.80. The van der Waals surface area contributed by atoms with Crippen LogP contribution in [0.15, 0.2) is 40.9 Å². The van der Waals surface area contributed by atoms with Gasteiger partial charge in [0.2, 0.25) is 0 Å². The molecule has 0 aromatic heterocycles. The number of nitrogens with two attached hydrogens (primary N) is 1. The molecule has 2 aromatic rings. The average molecular weight is 323 g/mol. The highest BCUT2D eigenvalue weighted by atomic mass is 79.9. The summed E-state index contributed by atoms with van der Waals surface area (Å²) in [6, 6.07) is 11.0. The van der Waals surface area contributed by atoms with E-state index in [0.29, 0.717) is 5.56 Å². The zero-order valence-corrected chi connectivity index (χ0v) is 12.5. The van der Waals surface area contributed by atoms with Gasteiger partial charge in [-0.2, -0.15) is 0 Å². The van der Waals surface area contributed by atoms with Gasteiger partial charge in [-0.05, 0) is 54.3 Å². The van der Waals surface area contributed by atoms with Crippen LogP contribution >= 0.6 is 15.9 Å². The van der Waals surface area contributed by atoms with Gasteiger partial charge in [0.05, 0.1) is 6.04 Å². The Morgan fingerprint density at radius 3 is 2.42 bits per heavy atom. The molecule has 1 atom stereocenters. The van der Waals surface area contributed by atoms with E-state index in [9.17, 15) is 4.39 Å². The number of rotatable bonds is 3. The topological polar surface area (TPSA) is 38.0 Å². The monoisotopic (exact) mass is 322 g/mol. The lowest BCUT2D eigenvalue weighted by molar-refractivity contribution is 0.599. The van der Waals surface area contributed by atoms with Crippen LogP contribution in [0.4, 0.5) is 4.39 Å². The van der Waals surface area contributed by atoms with Gasteiger partial charge in [-0.1, -0.05) is 34.1 Å². The molecular weight excluding hydrogens is 307 g/mol. The Labute approximate surface area is 120 Å². The maximum atomic E-state index is 13.7. The molecule has 0 saturated heterocycles. The standard InChI is InChI=1S/C15H16BrFN2/c1-9-5-12(7-13(16)6-9)15(19-18)11-4-3-10(2)14(17)8-11/h3-8,15,19H,18H2,1-2H3. The first kappa shape index (κ1) is 14.2. The van der Waals surface area contributed by atoms with E-state index >= 15 is 0 Å². The molecule has 0 radical (unpaired) electrons. The van der Waals surface area contributed by atoms with Crippen molar-refractivity contribution in [2.75, 3.05) is 0 Å². The lowest BCUT2D eigenvalue weighted by atomic mass is 9.97. The van der Waals surface area contributed by atoms with Crippen molar-refractivity contribution < 1.29 is 4.39 Å². The maximum Gasteiger partial charge on any atom is 0.126 e. The lowest BCUT2D eigenvalue weighted by Crippen LogP contribution is -2.29. The Bertz CT molecular complexity index is 578. The summed E-state index contributed by atoms with van der Waals surface area (Å²) in [5.74, 6) is 5.42. The Morgan fingerprint density at radius 2 is 1.84 bits per heavy atom. The molecule has 0 amide bonds. The molecule has 2 nitrogen and oxygen atoms in total. The molecule has 1 unspecified atom stereocenters. The van der Waals surface area contributed by atoms with E-state index in [-0.39, 0.29) is 11.9 Å². The predicted molar refractivity (Wildman–Crippen MR) is 79.2 cm³/mol. The van der Waals surface area contributed by atoms with Gasteiger partial charge in [0, 0.05) is 4.47 Å². The summed E-state index contributed by atoms with van der Waals surface area (Å²) >= 11 is 3.47. The molecule has 0 heterocycles. The molecule has 0 aliphatic rings. The summed E-state index contributed by atoms with van der Waals surface area (Å²) in [5, 5.41) is 0. The first-order chi connectivity index (χ1) is 9.01. The number of hydrazine groups is 1. The van der Waals surface area contributed by atoms with Crippen molar-refractivity contribution in [1.29, 1.82) is 0 Å². The molecular formula is C15H16BrFN2. The summed E-state index contributed by atoms with van der Waals surface area (Å²) in [6.45, 7) is 3.75. The van der Waals surface area contributed by atoms with E-state index in [0.717, 1.165) is 21.2 Å². The molecule has 2 rings (SSSR count). The summed E-state index contributed by atoms with van der Waals surface area (Å²) in [7, 11) is 0. The Morgan fingerprint density at radius 1 is 1.11 bits per heavy atom. The Hall–Kier alpha value is -1.23. The SMILES string of the molecule is Cc1cc(Br)cc(C(NN)c2ccc(C)c(F)c2)c1. The highest BCUT2D eigenvalue weighted by Gasteiger charge is 2.14. The zero-order chi connectivity index (χ0) is 14.0. The van der Waals surface area contributed by atoms with E-state index in [2.05, 4.69) is 21.4 Å². The molecule has 4 heteroatoms. The molecule has 0 fully saturated rings. The van der Waals surface area contributed by atoms with Crippen LogP contribution in [0.5, 0.6) is 0 Å². The minimum absolute atomic E-state index is 0.218. The van der Waals surface area contributed by atoms with E-state index in [1.807, 2.05) is 31.2 Å². The molecule has 2 aromatic carbocycles. The lowest BCUT2D eigenvalue weighted by Gasteiger charge is -2.18. The van der Waals surface area contributed by atoms with E-state index in [1.165, 1.54) is 6.07 Å². The van der Waals surface area contributed by atoms with Gasteiger partial charge in [0.15, 0.2) is 0 Å².